The molecule has 2 aromatic rings. The summed E-state index contributed by atoms with van der Waals surface area (Å²) in [6.07, 6.45) is 1.98. The Balaban J connectivity index is 1.62. The molecule has 0 radical (unpaired) electrons. The number of aliphatic hydroxyl groups excluding tert-OH is 1. The molecular formula is C34H42O5. The maximum Gasteiger partial charge on any atom is 0.169 e. The zero-order valence-corrected chi connectivity index (χ0v) is 24.1. The lowest BCUT2D eigenvalue weighted by molar-refractivity contribution is -0.122. The number of aliphatic hydroxyl groups is 1. The van der Waals surface area contributed by atoms with Crippen LogP contribution in [0.5, 0.6) is 5.75 Å². The molecule has 1 N–H and O–H groups in total. The average Bonchev–Trinajstić information content (AvgIpc) is 2.93. The molecule has 0 aromatic heterocycles. The molecule has 0 amide bonds. The van der Waals surface area contributed by atoms with Crippen molar-refractivity contribution >= 4 is 12.1 Å². The Morgan fingerprint density at radius 1 is 1.10 bits per heavy atom. The van der Waals surface area contributed by atoms with Crippen molar-refractivity contribution in [1.29, 1.82) is 0 Å². The number of carbonyl (C=O) groups excluding carboxylic acids is 2. The SMILES string of the molecule is CO[C@@H](CC[C@H](C)[C@@H](O)[C@@H](C)C#CC1=C(C=O)C(=O)[C@H](C)CC1(C)C)c1cccc(OCc2ccccc2)c1. The quantitative estimate of drug-likeness (QED) is 0.204. The Labute approximate surface area is 233 Å². The highest BCUT2D eigenvalue weighted by Crippen LogP contribution is 2.40. The minimum Gasteiger partial charge on any atom is -0.489 e. The van der Waals surface area contributed by atoms with E-state index in [0.717, 1.165) is 29.7 Å². The van der Waals surface area contributed by atoms with Crippen molar-refractivity contribution in [3.8, 4) is 17.6 Å². The summed E-state index contributed by atoms with van der Waals surface area (Å²) >= 11 is 0. The second kappa shape index (κ2) is 13.7. The van der Waals surface area contributed by atoms with Crippen LogP contribution in [-0.4, -0.2) is 30.4 Å². The molecule has 3 rings (SSSR count). The van der Waals surface area contributed by atoms with E-state index in [1.54, 1.807) is 7.11 Å². The molecule has 0 bridgehead atoms. The van der Waals surface area contributed by atoms with Gasteiger partial charge in [-0.05, 0) is 60.8 Å². The molecule has 5 nitrogen and oxygen atoms in total. The van der Waals surface area contributed by atoms with E-state index in [4.69, 9.17) is 9.47 Å². The molecule has 5 heteroatoms. The first-order chi connectivity index (χ1) is 18.6. The number of benzene rings is 2. The van der Waals surface area contributed by atoms with Gasteiger partial charge < -0.3 is 14.6 Å². The van der Waals surface area contributed by atoms with E-state index in [1.807, 2.05) is 89.2 Å². The van der Waals surface area contributed by atoms with Gasteiger partial charge in [0.25, 0.3) is 0 Å². The number of aldehydes is 1. The van der Waals surface area contributed by atoms with Gasteiger partial charge in [-0.3, -0.25) is 9.59 Å². The number of hydrogen-bond donors (Lipinski definition) is 1. The number of ketones is 1. The number of rotatable bonds is 11. The van der Waals surface area contributed by atoms with Gasteiger partial charge in [0.05, 0.1) is 17.8 Å². The van der Waals surface area contributed by atoms with Crippen LogP contribution in [0.15, 0.2) is 65.7 Å². The molecule has 0 fully saturated rings. The van der Waals surface area contributed by atoms with E-state index in [2.05, 4.69) is 11.8 Å². The zero-order chi connectivity index (χ0) is 28.6. The fourth-order valence-corrected chi connectivity index (χ4v) is 5.38. The Bertz CT molecular complexity index is 1220. The second-order valence-electron chi connectivity index (χ2n) is 11.4. The summed E-state index contributed by atoms with van der Waals surface area (Å²) in [7, 11) is 1.70. The maximum absolute atomic E-state index is 12.5. The number of hydrogen-bond acceptors (Lipinski definition) is 5. The fraction of sp³-hybridized carbons (Fsp3) is 0.471. The normalized spacial score (nSPS) is 19.9. The van der Waals surface area contributed by atoms with Gasteiger partial charge in [0.2, 0.25) is 0 Å². The lowest BCUT2D eigenvalue weighted by Gasteiger charge is -2.33. The maximum atomic E-state index is 12.5. The van der Waals surface area contributed by atoms with Gasteiger partial charge >= 0.3 is 0 Å². The van der Waals surface area contributed by atoms with Crippen LogP contribution in [0.3, 0.4) is 0 Å². The molecule has 0 spiro atoms. The summed E-state index contributed by atoms with van der Waals surface area (Å²) in [5.74, 6) is 6.36. The molecule has 5 atom stereocenters. The molecule has 0 aliphatic heterocycles. The van der Waals surface area contributed by atoms with E-state index in [1.165, 1.54) is 0 Å². The predicted molar refractivity (Wildman–Crippen MR) is 154 cm³/mol. The summed E-state index contributed by atoms with van der Waals surface area (Å²) in [6.45, 7) is 10.3. The van der Waals surface area contributed by atoms with Crippen LogP contribution in [-0.2, 0) is 20.9 Å². The number of allylic oxidation sites excluding steroid dienone is 2. The monoisotopic (exact) mass is 530 g/mol. The number of methoxy groups -OCH3 is 1. The van der Waals surface area contributed by atoms with Gasteiger partial charge in [-0.2, -0.15) is 0 Å². The van der Waals surface area contributed by atoms with Gasteiger partial charge in [-0.1, -0.05) is 82.0 Å². The predicted octanol–water partition coefficient (Wildman–Crippen LogP) is 6.50. The standard InChI is InChI=1S/C34H42O5/c1-23(15-17-30-29(21-35)33(37)25(3)20-34(30,4)5)32(36)24(2)16-18-31(38-6)27-13-10-14-28(19-27)39-22-26-11-8-7-9-12-26/h7-14,19,21,23-25,31-32,36H,16,18,20,22H2,1-6H3/t23-,24-,25+,31-,32-/m0/s1. The summed E-state index contributed by atoms with van der Waals surface area (Å²) < 4.78 is 11.8. The Morgan fingerprint density at radius 3 is 2.49 bits per heavy atom. The van der Waals surface area contributed by atoms with Crippen LogP contribution in [0.4, 0.5) is 0 Å². The molecule has 39 heavy (non-hydrogen) atoms. The molecular weight excluding hydrogens is 488 g/mol. The van der Waals surface area contributed by atoms with Gasteiger partial charge in [0.1, 0.15) is 12.4 Å². The lowest BCUT2D eigenvalue weighted by atomic mass is 9.68. The Hall–Kier alpha value is -3.20. The van der Waals surface area contributed by atoms with Crippen LogP contribution in [0.25, 0.3) is 0 Å². The van der Waals surface area contributed by atoms with Crippen molar-refractivity contribution in [1.82, 2.24) is 0 Å². The van der Waals surface area contributed by atoms with Gasteiger partial charge in [0.15, 0.2) is 12.1 Å². The van der Waals surface area contributed by atoms with E-state index < -0.39 is 6.10 Å². The molecule has 0 unspecified atom stereocenters. The molecule has 0 saturated carbocycles. The first kappa shape index (κ1) is 30.3. The summed E-state index contributed by atoms with van der Waals surface area (Å²) in [4.78, 5) is 24.2. The Morgan fingerprint density at radius 2 is 1.82 bits per heavy atom. The number of ether oxygens (including phenoxy) is 2. The topological polar surface area (TPSA) is 72.8 Å². The molecule has 0 heterocycles. The highest BCUT2D eigenvalue weighted by molar-refractivity contribution is 6.14. The van der Waals surface area contributed by atoms with Crippen molar-refractivity contribution < 1.29 is 24.2 Å². The van der Waals surface area contributed by atoms with Crippen molar-refractivity contribution in [2.45, 2.75) is 72.7 Å². The zero-order valence-electron chi connectivity index (χ0n) is 24.1. The highest BCUT2D eigenvalue weighted by Gasteiger charge is 2.37. The van der Waals surface area contributed by atoms with Crippen LogP contribution >= 0.6 is 0 Å². The van der Waals surface area contributed by atoms with Crippen LogP contribution < -0.4 is 4.74 Å². The Kier molecular flexibility index (Phi) is 10.7. The van der Waals surface area contributed by atoms with Crippen molar-refractivity contribution in [2.24, 2.45) is 23.2 Å². The molecule has 1 aliphatic rings. The van der Waals surface area contributed by atoms with Crippen LogP contribution in [0.1, 0.15) is 71.1 Å². The van der Waals surface area contributed by atoms with Gasteiger partial charge in [0, 0.05) is 24.5 Å². The molecule has 2 aromatic carbocycles. The van der Waals surface area contributed by atoms with E-state index >= 15 is 0 Å². The fourth-order valence-electron chi connectivity index (χ4n) is 5.38. The third-order valence-electron chi connectivity index (χ3n) is 7.76. The minimum atomic E-state index is -0.655. The smallest absolute Gasteiger partial charge is 0.169 e. The minimum absolute atomic E-state index is 0.0231. The molecule has 1 aliphatic carbocycles. The van der Waals surface area contributed by atoms with Gasteiger partial charge in [-0.25, -0.2) is 0 Å². The summed E-state index contributed by atoms with van der Waals surface area (Å²) in [5, 5.41) is 11.0. The first-order valence-electron chi connectivity index (χ1n) is 13.8. The lowest BCUT2D eigenvalue weighted by Crippen LogP contribution is -2.32. The van der Waals surface area contributed by atoms with Crippen molar-refractivity contribution in [2.75, 3.05) is 7.11 Å². The number of Topliss-reactive ketones (excluding diaryl/α,β-unsaturated/α-hetero) is 1. The van der Waals surface area contributed by atoms with Crippen LogP contribution in [0.2, 0.25) is 0 Å². The first-order valence-corrected chi connectivity index (χ1v) is 13.8. The number of carbonyl (C=O) groups is 2. The summed E-state index contributed by atoms with van der Waals surface area (Å²) in [6, 6.07) is 18.0. The summed E-state index contributed by atoms with van der Waals surface area (Å²) in [5.41, 5.74) is 2.54. The largest absolute Gasteiger partial charge is 0.489 e. The average molecular weight is 531 g/mol. The van der Waals surface area contributed by atoms with Crippen LogP contribution in [0, 0.1) is 35.0 Å². The van der Waals surface area contributed by atoms with E-state index in [0.29, 0.717) is 24.9 Å². The van der Waals surface area contributed by atoms with E-state index in [9.17, 15) is 14.7 Å². The molecule has 208 valence electrons. The third-order valence-corrected chi connectivity index (χ3v) is 7.76. The van der Waals surface area contributed by atoms with Crippen molar-refractivity contribution in [3.05, 3.63) is 76.9 Å². The third kappa shape index (κ3) is 7.91. The van der Waals surface area contributed by atoms with E-state index in [-0.39, 0.29) is 40.6 Å². The van der Waals surface area contributed by atoms with Gasteiger partial charge in [-0.15, -0.1) is 0 Å². The van der Waals surface area contributed by atoms with Crippen molar-refractivity contribution in [3.63, 3.8) is 0 Å². The molecule has 0 saturated heterocycles. The second-order valence-corrected chi connectivity index (χ2v) is 11.4. The highest BCUT2D eigenvalue weighted by atomic mass is 16.5.